The standard InChI is InChI=1S/C27H34N8O2/c1-4-18(11-12-28)33-26-23(25(30)31-15-32-26)24(29)17-9-10-19(22(14-17)37-3)34-27(36)21-13-16-7-5-6-8-20(16)35(21)2/h5,7,9-10,13-15,18,29H,4,6,8,11-12,28H2,1-3H3,(H,34,36)(H3,30,31,32,33)/p+1. The number of methoxy groups -OCH3 is 1. The van der Waals surface area contributed by atoms with Gasteiger partial charge in [0.05, 0.1) is 30.6 Å². The van der Waals surface area contributed by atoms with Crippen molar-refractivity contribution in [2.24, 2.45) is 7.05 Å². The summed E-state index contributed by atoms with van der Waals surface area (Å²) in [7, 11) is 3.44. The Bertz CT molecular complexity index is 1340. The molecule has 4 rings (SSSR count). The summed E-state index contributed by atoms with van der Waals surface area (Å²) in [4.78, 5) is 21.6. The summed E-state index contributed by atoms with van der Waals surface area (Å²) in [5.41, 5.74) is 14.6. The van der Waals surface area contributed by atoms with E-state index in [9.17, 15) is 4.79 Å². The summed E-state index contributed by atoms with van der Waals surface area (Å²) in [6.45, 7) is 2.87. The maximum Gasteiger partial charge on any atom is 0.272 e. The highest BCUT2D eigenvalue weighted by atomic mass is 16.5. The lowest BCUT2D eigenvalue weighted by Gasteiger charge is -2.20. The Balaban J connectivity index is 1.60. The van der Waals surface area contributed by atoms with Crippen molar-refractivity contribution >= 4 is 35.0 Å². The zero-order chi connectivity index (χ0) is 26.5. The Kier molecular flexibility index (Phi) is 7.88. The highest BCUT2D eigenvalue weighted by molar-refractivity contribution is 6.16. The number of anilines is 3. The number of fused-ring (bicyclic) bond motifs is 1. The number of ether oxygens (including phenoxy) is 1. The van der Waals surface area contributed by atoms with Crippen LogP contribution in [-0.2, 0) is 13.5 Å². The molecule has 1 amide bonds. The summed E-state index contributed by atoms with van der Waals surface area (Å²) in [6, 6.07) is 7.25. The highest BCUT2D eigenvalue weighted by Crippen LogP contribution is 2.30. The second kappa shape index (κ2) is 11.3. The molecule has 0 saturated carbocycles. The van der Waals surface area contributed by atoms with Crippen molar-refractivity contribution in [2.75, 3.05) is 30.0 Å². The number of allylic oxidation sites excluding steroid dienone is 1. The van der Waals surface area contributed by atoms with Gasteiger partial charge in [0.2, 0.25) is 0 Å². The normalized spacial score (nSPS) is 13.1. The second-order valence-corrected chi connectivity index (χ2v) is 9.05. The number of benzene rings is 1. The van der Waals surface area contributed by atoms with Gasteiger partial charge in [-0.15, -0.1) is 0 Å². The van der Waals surface area contributed by atoms with Crippen LogP contribution in [0.4, 0.5) is 17.3 Å². The van der Waals surface area contributed by atoms with Gasteiger partial charge in [-0.25, -0.2) is 9.97 Å². The van der Waals surface area contributed by atoms with Gasteiger partial charge in [0.15, 0.2) is 0 Å². The van der Waals surface area contributed by atoms with E-state index in [-0.39, 0.29) is 23.5 Å². The first-order valence-electron chi connectivity index (χ1n) is 12.5. The molecule has 10 heteroatoms. The molecule has 8 N–H and O–H groups in total. The molecule has 0 fully saturated rings. The smallest absolute Gasteiger partial charge is 0.272 e. The number of nitrogens with zero attached hydrogens (tertiary/aromatic N) is 3. The number of hydrogen-bond donors (Lipinski definition) is 5. The lowest BCUT2D eigenvalue weighted by molar-refractivity contribution is -0.368. The van der Waals surface area contributed by atoms with Gasteiger partial charge in [-0.1, -0.05) is 25.1 Å². The molecule has 0 bridgehead atoms. The minimum atomic E-state index is -0.227. The summed E-state index contributed by atoms with van der Waals surface area (Å²) in [5, 5.41) is 15.3. The Labute approximate surface area is 216 Å². The Morgan fingerprint density at radius 3 is 2.84 bits per heavy atom. The van der Waals surface area contributed by atoms with Crippen LogP contribution in [0.15, 0.2) is 36.7 Å². The van der Waals surface area contributed by atoms with Gasteiger partial charge in [0.1, 0.15) is 29.4 Å². The van der Waals surface area contributed by atoms with Gasteiger partial charge < -0.3 is 31.4 Å². The monoisotopic (exact) mass is 503 g/mol. The van der Waals surface area contributed by atoms with Crippen LogP contribution in [0.25, 0.3) is 6.08 Å². The lowest BCUT2D eigenvalue weighted by Crippen LogP contribution is -2.51. The molecule has 0 aliphatic heterocycles. The third kappa shape index (κ3) is 5.34. The van der Waals surface area contributed by atoms with E-state index in [1.165, 1.54) is 13.4 Å². The zero-order valence-corrected chi connectivity index (χ0v) is 21.6. The van der Waals surface area contributed by atoms with E-state index in [1.807, 2.05) is 17.7 Å². The molecule has 0 saturated heterocycles. The van der Waals surface area contributed by atoms with Crippen molar-refractivity contribution in [3.63, 3.8) is 0 Å². The molecule has 1 atom stereocenters. The fraction of sp³-hybridized carbons (Fsp3) is 0.333. The minimum absolute atomic E-state index is 0.156. The van der Waals surface area contributed by atoms with Crippen molar-refractivity contribution in [1.29, 1.82) is 5.41 Å². The van der Waals surface area contributed by atoms with Crippen molar-refractivity contribution in [1.82, 2.24) is 14.5 Å². The average Bonchev–Trinajstić information content (AvgIpc) is 3.25. The first-order valence-corrected chi connectivity index (χ1v) is 12.5. The van der Waals surface area contributed by atoms with Crippen molar-refractivity contribution in [2.45, 2.75) is 38.6 Å². The van der Waals surface area contributed by atoms with Crippen LogP contribution in [-0.4, -0.2) is 45.9 Å². The van der Waals surface area contributed by atoms with Crippen LogP contribution in [0.3, 0.4) is 0 Å². The van der Waals surface area contributed by atoms with E-state index >= 15 is 0 Å². The van der Waals surface area contributed by atoms with Crippen LogP contribution >= 0.6 is 0 Å². The summed E-state index contributed by atoms with van der Waals surface area (Å²) < 4.78 is 7.52. The van der Waals surface area contributed by atoms with Crippen LogP contribution in [0, 0.1) is 5.41 Å². The van der Waals surface area contributed by atoms with E-state index in [0.29, 0.717) is 34.1 Å². The number of amides is 1. The Morgan fingerprint density at radius 2 is 2.14 bits per heavy atom. The van der Waals surface area contributed by atoms with Gasteiger partial charge in [-0.3, -0.25) is 10.2 Å². The number of hydrogen-bond acceptors (Lipinski definition) is 7. The number of quaternary nitrogens is 1. The van der Waals surface area contributed by atoms with E-state index in [4.69, 9.17) is 15.9 Å². The van der Waals surface area contributed by atoms with Gasteiger partial charge in [0.25, 0.3) is 5.91 Å². The van der Waals surface area contributed by atoms with Gasteiger partial charge in [-0.2, -0.15) is 0 Å². The number of aromatic nitrogens is 3. The average molecular weight is 504 g/mol. The van der Waals surface area contributed by atoms with Crippen molar-refractivity contribution in [3.05, 3.63) is 64.7 Å². The quantitative estimate of drug-likeness (QED) is 0.268. The predicted molar refractivity (Wildman–Crippen MR) is 146 cm³/mol. The molecular weight excluding hydrogens is 468 g/mol. The van der Waals surface area contributed by atoms with Crippen molar-refractivity contribution in [3.8, 4) is 5.75 Å². The van der Waals surface area contributed by atoms with Gasteiger partial charge in [0, 0.05) is 30.8 Å². The maximum atomic E-state index is 13.1. The molecule has 10 nitrogen and oxygen atoms in total. The SMILES string of the molecule is CCC(CC[NH3+])Nc1ncnc(N)c1C(=N)c1ccc(NC(=O)c2cc3c(n2C)CCC=C3)c(OC)c1. The number of carbonyl (C=O) groups excluding carboxylic acids is 1. The third-order valence-electron chi connectivity index (χ3n) is 6.72. The predicted octanol–water partition coefficient (Wildman–Crippen LogP) is 2.86. The molecule has 3 aromatic rings. The number of carbonyl (C=O) groups is 1. The molecule has 2 aromatic heterocycles. The second-order valence-electron chi connectivity index (χ2n) is 9.05. The maximum absolute atomic E-state index is 13.1. The van der Waals surface area contributed by atoms with Crippen LogP contribution in [0.1, 0.15) is 59.1 Å². The van der Waals surface area contributed by atoms with Crippen LogP contribution in [0.5, 0.6) is 5.75 Å². The highest BCUT2D eigenvalue weighted by Gasteiger charge is 2.22. The van der Waals surface area contributed by atoms with Gasteiger partial charge in [-0.05, 0) is 43.0 Å². The lowest BCUT2D eigenvalue weighted by atomic mass is 10.0. The Hall–Kier alpha value is -4.18. The van der Waals surface area contributed by atoms with Crippen LogP contribution < -0.4 is 26.8 Å². The molecule has 2 heterocycles. The minimum Gasteiger partial charge on any atom is -0.495 e. The number of rotatable bonds is 10. The van der Waals surface area contributed by atoms with Crippen molar-refractivity contribution < 1.29 is 15.3 Å². The fourth-order valence-corrected chi connectivity index (χ4v) is 4.62. The molecule has 194 valence electrons. The largest absolute Gasteiger partial charge is 0.495 e. The number of nitrogen functional groups attached to an aromatic ring is 1. The molecule has 37 heavy (non-hydrogen) atoms. The van der Waals surface area contributed by atoms with E-state index < -0.39 is 0 Å². The van der Waals surface area contributed by atoms with Gasteiger partial charge >= 0.3 is 0 Å². The molecule has 0 spiro atoms. The Morgan fingerprint density at radius 1 is 1.32 bits per heavy atom. The first-order chi connectivity index (χ1) is 17.9. The summed E-state index contributed by atoms with van der Waals surface area (Å²) >= 11 is 0. The third-order valence-corrected chi connectivity index (χ3v) is 6.72. The topological polar surface area (TPSA) is 159 Å². The zero-order valence-electron chi connectivity index (χ0n) is 21.6. The molecular formula is C27H35N8O2+. The summed E-state index contributed by atoms with van der Waals surface area (Å²) in [5.74, 6) is 0.929. The van der Waals surface area contributed by atoms with E-state index in [1.54, 1.807) is 18.2 Å². The van der Waals surface area contributed by atoms with Crippen LogP contribution in [0.2, 0.25) is 0 Å². The first kappa shape index (κ1) is 25.9. The number of nitrogens with one attached hydrogen (secondary N) is 3. The molecule has 1 aliphatic rings. The van der Waals surface area contributed by atoms with E-state index in [0.717, 1.165) is 43.5 Å². The fourth-order valence-electron chi connectivity index (χ4n) is 4.62. The molecule has 1 aromatic carbocycles. The molecule has 1 unspecified atom stereocenters. The number of nitrogens with two attached hydrogens (primary N) is 1. The summed E-state index contributed by atoms with van der Waals surface area (Å²) in [6.07, 6.45) is 9.20. The molecule has 1 aliphatic carbocycles. The van der Waals surface area contributed by atoms with E-state index in [2.05, 4.69) is 45.4 Å². The molecule has 0 radical (unpaired) electrons.